The molecule has 0 bridgehead atoms. The second kappa shape index (κ2) is 6.08. The van der Waals surface area contributed by atoms with Gasteiger partial charge in [0.25, 0.3) is 0 Å². The number of anilines is 3. The summed E-state index contributed by atoms with van der Waals surface area (Å²) in [7, 11) is -3.47. The summed E-state index contributed by atoms with van der Waals surface area (Å²) >= 11 is 0. The quantitative estimate of drug-likeness (QED) is 0.346. The van der Waals surface area contributed by atoms with Gasteiger partial charge in [0.05, 0.1) is 27.9 Å². The summed E-state index contributed by atoms with van der Waals surface area (Å²) < 4.78 is 37.1. The van der Waals surface area contributed by atoms with Gasteiger partial charge in [0, 0.05) is 22.9 Å². The van der Waals surface area contributed by atoms with E-state index in [1.807, 2.05) is 59.5 Å². The van der Waals surface area contributed by atoms with E-state index in [9.17, 15) is 13.5 Å². The molecule has 3 heterocycles. The first kappa shape index (κ1) is 18.6. The number of phenolic OH excluding ortho intramolecular Hbond substituents is 1. The Kier molecular flexibility index (Phi) is 3.43. The molecule has 3 aliphatic rings. The lowest BCUT2D eigenvalue weighted by Gasteiger charge is -2.43. The molecule has 33 heavy (non-hydrogen) atoms. The lowest BCUT2D eigenvalue weighted by molar-refractivity contribution is 0.408. The summed E-state index contributed by atoms with van der Waals surface area (Å²) in [6.07, 6.45) is 1.16. The van der Waals surface area contributed by atoms with Crippen molar-refractivity contribution in [2.24, 2.45) is 0 Å². The fourth-order valence-corrected chi connectivity index (χ4v) is 5.81. The zero-order valence-electron chi connectivity index (χ0n) is 17.4. The van der Waals surface area contributed by atoms with Crippen molar-refractivity contribution in [3.8, 4) is 28.7 Å². The Labute approximate surface area is 190 Å². The zero-order valence-corrected chi connectivity index (χ0v) is 18.3. The minimum atomic E-state index is -3.47. The van der Waals surface area contributed by atoms with Crippen LogP contribution in [0.1, 0.15) is 22.6 Å². The molecule has 4 aromatic carbocycles. The van der Waals surface area contributed by atoms with Crippen LogP contribution in [0.2, 0.25) is 0 Å². The molecule has 162 valence electrons. The number of hydrogen-bond acceptors (Lipinski definition) is 6. The third-order valence-corrected chi connectivity index (χ3v) is 7.63. The van der Waals surface area contributed by atoms with Crippen LogP contribution in [-0.4, -0.2) is 19.8 Å². The second-order valence-corrected chi connectivity index (χ2v) is 10.5. The van der Waals surface area contributed by atoms with E-state index in [4.69, 9.17) is 9.47 Å². The first-order valence-corrected chi connectivity index (χ1v) is 12.4. The van der Waals surface area contributed by atoms with Crippen LogP contribution < -0.4 is 14.4 Å². The second-order valence-electron chi connectivity index (χ2n) is 8.44. The maximum Gasteiger partial charge on any atom is 0.175 e. The van der Waals surface area contributed by atoms with Gasteiger partial charge in [-0.05, 0) is 54.6 Å². The topological polar surface area (TPSA) is 76.1 Å². The number of nitrogens with zero attached hydrogens (tertiary/aromatic N) is 1. The van der Waals surface area contributed by atoms with Gasteiger partial charge in [-0.3, -0.25) is 0 Å². The summed E-state index contributed by atoms with van der Waals surface area (Å²) in [5.74, 6) is 2.87. The fraction of sp³-hybridized carbons (Fsp3) is 0.0769. The van der Waals surface area contributed by atoms with Gasteiger partial charge in [-0.25, -0.2) is 8.42 Å². The number of aromatic hydroxyl groups is 1. The van der Waals surface area contributed by atoms with Crippen molar-refractivity contribution in [3.63, 3.8) is 0 Å². The summed E-state index contributed by atoms with van der Waals surface area (Å²) in [5, 5.41) is 10.9. The van der Waals surface area contributed by atoms with Gasteiger partial charge in [-0.15, -0.1) is 0 Å². The average molecular weight is 455 g/mol. The fourth-order valence-electron chi connectivity index (χ4n) is 5.17. The molecule has 0 aromatic heterocycles. The number of ether oxygens (including phenoxy) is 2. The van der Waals surface area contributed by atoms with E-state index in [1.54, 1.807) is 0 Å². The van der Waals surface area contributed by atoms with Crippen LogP contribution >= 0.6 is 0 Å². The highest BCUT2D eigenvalue weighted by Gasteiger charge is 2.44. The molecule has 7 heteroatoms. The summed E-state index contributed by atoms with van der Waals surface area (Å²) in [6.45, 7) is 0. The highest BCUT2D eigenvalue weighted by Crippen LogP contribution is 2.64. The molecular weight excluding hydrogens is 438 g/mol. The molecule has 0 atom stereocenters. The summed E-state index contributed by atoms with van der Waals surface area (Å²) in [5.41, 5.74) is 4.93. The Hall–Kier alpha value is -3.97. The number of sulfone groups is 1. The van der Waals surface area contributed by atoms with Gasteiger partial charge in [0.2, 0.25) is 0 Å². The largest absolute Gasteiger partial charge is 0.506 e. The van der Waals surface area contributed by atoms with Crippen LogP contribution in [0.15, 0.2) is 77.7 Å². The smallest absolute Gasteiger partial charge is 0.175 e. The molecule has 4 aromatic rings. The lowest BCUT2D eigenvalue weighted by atomic mass is 9.76. The Morgan fingerprint density at radius 3 is 1.79 bits per heavy atom. The third kappa shape index (κ3) is 2.40. The van der Waals surface area contributed by atoms with Gasteiger partial charge < -0.3 is 19.5 Å². The minimum absolute atomic E-state index is 0.0226. The molecule has 1 N–H and O–H groups in total. The molecule has 3 aliphatic heterocycles. The third-order valence-electron chi connectivity index (χ3n) is 6.52. The maximum atomic E-state index is 12.3. The van der Waals surface area contributed by atoms with E-state index >= 15 is 0 Å². The molecule has 0 amide bonds. The Morgan fingerprint density at radius 1 is 0.727 bits per heavy atom. The SMILES string of the molecule is CS(=O)(=O)c1ccc(O)c(N2c3cccc4c3C3c5c(cccc5Oc5cccc2c53)O4)c1. The van der Waals surface area contributed by atoms with Crippen molar-refractivity contribution in [1.29, 1.82) is 0 Å². The first-order valence-electron chi connectivity index (χ1n) is 10.5. The molecule has 0 saturated carbocycles. The van der Waals surface area contributed by atoms with Gasteiger partial charge in [0.1, 0.15) is 28.7 Å². The van der Waals surface area contributed by atoms with Gasteiger partial charge in [0.15, 0.2) is 9.84 Å². The van der Waals surface area contributed by atoms with Crippen LogP contribution in [0.4, 0.5) is 17.1 Å². The predicted octanol–water partition coefficient (Wildman–Crippen LogP) is 5.97. The van der Waals surface area contributed by atoms with E-state index in [2.05, 4.69) is 0 Å². The van der Waals surface area contributed by atoms with Gasteiger partial charge in [-0.1, -0.05) is 18.2 Å². The van der Waals surface area contributed by atoms with Crippen molar-refractivity contribution >= 4 is 26.9 Å². The Bertz CT molecular complexity index is 1550. The first-order chi connectivity index (χ1) is 15.9. The minimum Gasteiger partial charge on any atom is -0.506 e. The molecule has 7 rings (SSSR count). The van der Waals surface area contributed by atoms with Crippen molar-refractivity contribution in [2.75, 3.05) is 11.2 Å². The zero-order chi connectivity index (χ0) is 22.5. The summed E-state index contributed by atoms with van der Waals surface area (Å²) in [6, 6.07) is 21.8. The van der Waals surface area contributed by atoms with Gasteiger partial charge in [-0.2, -0.15) is 0 Å². The number of hydrogen-bond donors (Lipinski definition) is 1. The van der Waals surface area contributed by atoms with Crippen LogP contribution in [-0.2, 0) is 9.84 Å². The molecule has 0 unspecified atom stereocenters. The number of benzene rings is 4. The molecule has 0 spiro atoms. The van der Waals surface area contributed by atoms with Crippen molar-refractivity contribution in [1.82, 2.24) is 0 Å². The number of phenols is 1. The van der Waals surface area contributed by atoms with Crippen LogP contribution in [0.3, 0.4) is 0 Å². The number of rotatable bonds is 2. The Morgan fingerprint density at radius 2 is 1.24 bits per heavy atom. The predicted molar refractivity (Wildman–Crippen MR) is 123 cm³/mol. The van der Waals surface area contributed by atoms with E-state index in [1.165, 1.54) is 18.2 Å². The summed E-state index contributed by atoms with van der Waals surface area (Å²) in [4.78, 5) is 2.02. The lowest BCUT2D eigenvalue weighted by Crippen LogP contribution is -2.27. The van der Waals surface area contributed by atoms with E-state index < -0.39 is 9.84 Å². The highest BCUT2D eigenvalue weighted by atomic mass is 32.2. The van der Waals surface area contributed by atoms with E-state index in [-0.39, 0.29) is 16.6 Å². The van der Waals surface area contributed by atoms with Gasteiger partial charge >= 0.3 is 0 Å². The molecule has 0 radical (unpaired) electrons. The molecule has 0 aliphatic carbocycles. The van der Waals surface area contributed by atoms with Crippen LogP contribution in [0.5, 0.6) is 28.7 Å². The van der Waals surface area contributed by atoms with Crippen LogP contribution in [0.25, 0.3) is 0 Å². The van der Waals surface area contributed by atoms with E-state index in [0.717, 1.165) is 57.3 Å². The van der Waals surface area contributed by atoms with Crippen LogP contribution in [0, 0.1) is 0 Å². The van der Waals surface area contributed by atoms with E-state index in [0.29, 0.717) is 5.69 Å². The van der Waals surface area contributed by atoms with Crippen molar-refractivity contribution in [3.05, 3.63) is 89.5 Å². The average Bonchev–Trinajstić information content (AvgIpc) is 2.79. The standard InChI is InChI=1S/C26H17NO5S/c1-33(29,30)14-11-12-18(28)17(13-14)27-15-5-2-7-19-23(15)26-24-16(27)6-3-8-20(24)32-22-10-4-9-21(31-19)25(22)26/h2-13,26,28H,1H3. The molecule has 0 saturated heterocycles. The monoisotopic (exact) mass is 455 g/mol. The van der Waals surface area contributed by atoms with Crippen molar-refractivity contribution < 1.29 is 23.0 Å². The normalized spacial score (nSPS) is 14.9. The molecular formula is C26H17NO5S. The molecule has 6 nitrogen and oxygen atoms in total. The maximum absolute atomic E-state index is 12.3. The Balaban J connectivity index is 1.59. The highest BCUT2D eigenvalue weighted by molar-refractivity contribution is 7.90. The molecule has 0 fully saturated rings. The van der Waals surface area contributed by atoms with Crippen molar-refractivity contribution in [2.45, 2.75) is 10.8 Å².